The third-order valence-electron chi connectivity index (χ3n) is 7.52. The molecule has 178 valence electrons. The van der Waals surface area contributed by atoms with Crippen molar-refractivity contribution in [3.05, 3.63) is 58.6 Å². The summed E-state index contributed by atoms with van der Waals surface area (Å²) in [5.74, 6) is 2.51. The van der Waals surface area contributed by atoms with Gasteiger partial charge in [0.25, 0.3) is 0 Å². The van der Waals surface area contributed by atoms with Gasteiger partial charge in [0.2, 0.25) is 0 Å². The maximum atomic E-state index is 12.2. The van der Waals surface area contributed by atoms with Crippen molar-refractivity contribution in [3.8, 4) is 0 Å². The van der Waals surface area contributed by atoms with Crippen LogP contribution in [0.3, 0.4) is 0 Å². The van der Waals surface area contributed by atoms with E-state index in [4.69, 9.17) is 0 Å². The second-order valence-corrected chi connectivity index (χ2v) is 12.7. The molecule has 0 amide bonds. The molecule has 0 bridgehead atoms. The minimum absolute atomic E-state index is 0.151. The van der Waals surface area contributed by atoms with Crippen molar-refractivity contribution >= 4 is 9.84 Å². The molecule has 0 heterocycles. The van der Waals surface area contributed by atoms with Crippen LogP contribution in [0.15, 0.2) is 58.6 Å². The van der Waals surface area contributed by atoms with Crippen LogP contribution in [-0.4, -0.2) is 25.4 Å². The van der Waals surface area contributed by atoms with Crippen LogP contribution in [0.25, 0.3) is 0 Å². The van der Waals surface area contributed by atoms with Gasteiger partial charge >= 0.3 is 0 Å². The Kier molecular flexibility index (Phi) is 8.43. The van der Waals surface area contributed by atoms with Crippen molar-refractivity contribution in [2.75, 3.05) is 5.75 Å². The summed E-state index contributed by atoms with van der Waals surface area (Å²) < 4.78 is 24.4. The van der Waals surface area contributed by atoms with E-state index < -0.39 is 9.84 Å². The highest BCUT2D eigenvalue weighted by atomic mass is 32.2. The zero-order chi connectivity index (χ0) is 23.5. The number of fused-ring (bicyclic) bond motifs is 1. The van der Waals surface area contributed by atoms with Crippen molar-refractivity contribution in [1.82, 2.24) is 0 Å². The molecule has 5 atom stereocenters. The van der Waals surface area contributed by atoms with E-state index in [1.165, 1.54) is 34.1 Å². The lowest BCUT2D eigenvalue weighted by Crippen LogP contribution is -2.28. The average Bonchev–Trinajstić information content (AvgIpc) is 3.15. The molecule has 0 aromatic heterocycles. The fourth-order valence-electron chi connectivity index (χ4n) is 5.84. The van der Waals surface area contributed by atoms with Gasteiger partial charge in [-0.3, -0.25) is 0 Å². The molecule has 2 saturated carbocycles. The standard InChI is InChI=1S/C28H42O3S/c1-19(2)18-32(30,31)16-6-7-21(4)26-14-15-27-23(10-8-22(5)28(26)27)11-12-24-17-25(29)13-9-20(24)3/h6,11-12,14,16,19,21-22,25,27-29H,3,7-10,13,15,17-18H2,1-2,4-5H3. The maximum absolute atomic E-state index is 12.2. The van der Waals surface area contributed by atoms with Crippen molar-refractivity contribution in [1.29, 1.82) is 0 Å². The molecule has 4 heteroatoms. The lowest BCUT2D eigenvalue weighted by molar-refractivity contribution is 0.158. The molecule has 0 aromatic carbocycles. The van der Waals surface area contributed by atoms with Crippen LogP contribution in [0, 0.1) is 29.6 Å². The van der Waals surface area contributed by atoms with Gasteiger partial charge in [-0.15, -0.1) is 0 Å². The highest BCUT2D eigenvalue weighted by molar-refractivity contribution is 7.94. The fraction of sp³-hybridized carbons (Fsp3) is 0.643. The minimum Gasteiger partial charge on any atom is -0.393 e. The second kappa shape index (κ2) is 10.7. The van der Waals surface area contributed by atoms with Gasteiger partial charge in [-0.1, -0.05) is 75.3 Å². The summed E-state index contributed by atoms with van der Waals surface area (Å²) in [5, 5.41) is 11.5. The first-order valence-corrected chi connectivity index (χ1v) is 14.1. The van der Waals surface area contributed by atoms with Crippen LogP contribution in [0.2, 0.25) is 0 Å². The third kappa shape index (κ3) is 6.35. The zero-order valence-electron chi connectivity index (χ0n) is 20.4. The molecule has 3 nitrogen and oxygen atoms in total. The van der Waals surface area contributed by atoms with E-state index >= 15 is 0 Å². The summed E-state index contributed by atoms with van der Waals surface area (Å²) in [4.78, 5) is 0. The summed E-state index contributed by atoms with van der Waals surface area (Å²) in [6, 6.07) is 0. The van der Waals surface area contributed by atoms with Crippen LogP contribution in [-0.2, 0) is 9.84 Å². The van der Waals surface area contributed by atoms with Crippen LogP contribution in [0.5, 0.6) is 0 Å². The van der Waals surface area contributed by atoms with E-state index in [1.54, 1.807) is 0 Å². The van der Waals surface area contributed by atoms with Crippen LogP contribution < -0.4 is 0 Å². The first-order chi connectivity index (χ1) is 15.1. The topological polar surface area (TPSA) is 54.4 Å². The molecule has 0 saturated heterocycles. The Morgan fingerprint density at radius 1 is 1.19 bits per heavy atom. The largest absolute Gasteiger partial charge is 0.393 e. The van der Waals surface area contributed by atoms with E-state index in [1.807, 2.05) is 19.9 Å². The number of aliphatic hydroxyl groups is 1. The quantitative estimate of drug-likeness (QED) is 0.441. The summed E-state index contributed by atoms with van der Waals surface area (Å²) in [5.41, 5.74) is 5.43. The summed E-state index contributed by atoms with van der Waals surface area (Å²) >= 11 is 0. The van der Waals surface area contributed by atoms with Gasteiger partial charge < -0.3 is 5.11 Å². The summed E-state index contributed by atoms with van der Waals surface area (Å²) in [6.45, 7) is 12.7. The van der Waals surface area contributed by atoms with E-state index in [-0.39, 0.29) is 17.8 Å². The van der Waals surface area contributed by atoms with E-state index in [2.05, 4.69) is 38.7 Å². The van der Waals surface area contributed by atoms with Gasteiger partial charge in [-0.05, 0) is 80.1 Å². The summed E-state index contributed by atoms with van der Waals surface area (Å²) in [6.07, 6.45) is 15.2. The first kappa shape index (κ1) is 25.2. The highest BCUT2D eigenvalue weighted by Crippen LogP contribution is 2.50. The summed E-state index contributed by atoms with van der Waals surface area (Å²) in [7, 11) is -3.11. The van der Waals surface area contributed by atoms with Crippen LogP contribution in [0.1, 0.15) is 72.6 Å². The van der Waals surface area contributed by atoms with Crippen LogP contribution in [0.4, 0.5) is 0 Å². The van der Waals surface area contributed by atoms with Crippen molar-refractivity contribution in [3.63, 3.8) is 0 Å². The lowest BCUT2D eigenvalue weighted by atomic mass is 9.67. The molecule has 0 spiro atoms. The normalized spacial score (nSPS) is 32.7. The smallest absolute Gasteiger partial charge is 0.171 e. The Balaban J connectivity index is 1.68. The molecular formula is C28H42O3S. The zero-order valence-corrected chi connectivity index (χ0v) is 21.2. The predicted molar refractivity (Wildman–Crippen MR) is 135 cm³/mol. The van der Waals surface area contributed by atoms with Crippen molar-refractivity contribution < 1.29 is 13.5 Å². The second-order valence-electron chi connectivity index (χ2n) is 10.8. The van der Waals surface area contributed by atoms with Gasteiger partial charge in [0, 0.05) is 5.41 Å². The van der Waals surface area contributed by atoms with E-state index in [9.17, 15) is 13.5 Å². The Morgan fingerprint density at radius 3 is 2.66 bits per heavy atom. The van der Waals surface area contributed by atoms with Crippen molar-refractivity contribution in [2.24, 2.45) is 29.6 Å². The molecule has 0 aliphatic heterocycles. The number of hydrogen-bond acceptors (Lipinski definition) is 3. The number of allylic oxidation sites excluding steroid dienone is 7. The van der Waals surface area contributed by atoms with Crippen LogP contribution >= 0.6 is 0 Å². The maximum Gasteiger partial charge on any atom is 0.171 e. The van der Waals surface area contributed by atoms with E-state index in [0.29, 0.717) is 23.7 Å². The van der Waals surface area contributed by atoms with Gasteiger partial charge in [0.15, 0.2) is 9.84 Å². The average molecular weight is 459 g/mol. The SMILES string of the molecule is C=C1CCC(O)CC1=CC=C1CCC(C)C2C(C(C)CC=CS(=O)(=O)CC(C)C)=CCC12. The number of hydrogen-bond donors (Lipinski definition) is 1. The number of rotatable bonds is 7. The van der Waals surface area contributed by atoms with Gasteiger partial charge in [-0.25, -0.2) is 8.42 Å². The first-order valence-electron chi connectivity index (χ1n) is 12.4. The Labute approximate surface area is 196 Å². The Bertz CT molecular complexity index is 916. The molecule has 1 N–H and O–H groups in total. The third-order valence-corrected chi connectivity index (χ3v) is 9.26. The molecule has 3 aliphatic rings. The predicted octanol–water partition coefficient (Wildman–Crippen LogP) is 6.54. The van der Waals surface area contributed by atoms with Crippen molar-refractivity contribution in [2.45, 2.75) is 78.7 Å². The van der Waals surface area contributed by atoms with Gasteiger partial charge in [0.05, 0.1) is 11.9 Å². The lowest BCUT2D eigenvalue weighted by Gasteiger charge is -2.37. The monoisotopic (exact) mass is 458 g/mol. The Morgan fingerprint density at radius 2 is 1.94 bits per heavy atom. The molecule has 32 heavy (non-hydrogen) atoms. The van der Waals surface area contributed by atoms with Gasteiger partial charge in [0.1, 0.15) is 0 Å². The molecule has 3 rings (SSSR count). The van der Waals surface area contributed by atoms with E-state index in [0.717, 1.165) is 38.5 Å². The minimum atomic E-state index is -3.11. The molecule has 3 aliphatic carbocycles. The molecule has 0 aromatic rings. The molecule has 2 fully saturated rings. The highest BCUT2D eigenvalue weighted by Gasteiger charge is 2.40. The van der Waals surface area contributed by atoms with Gasteiger partial charge in [-0.2, -0.15) is 0 Å². The number of aliphatic hydroxyl groups excluding tert-OH is 1. The molecule has 0 radical (unpaired) electrons. The molecule has 5 unspecified atom stereocenters. The Hall–Kier alpha value is -1.39. The fourth-order valence-corrected chi connectivity index (χ4v) is 7.28. The molecular weight excluding hydrogens is 416 g/mol. The number of sulfone groups is 1.